The lowest BCUT2D eigenvalue weighted by atomic mass is 9.82. The zero-order valence-corrected chi connectivity index (χ0v) is 14.8. The van der Waals surface area contributed by atoms with Crippen LogP contribution in [0.1, 0.15) is 35.2 Å². The second-order valence-electron chi connectivity index (χ2n) is 6.53. The van der Waals surface area contributed by atoms with E-state index >= 15 is 0 Å². The molecule has 2 aromatic carbocycles. The first-order valence-electron chi connectivity index (χ1n) is 8.69. The topological polar surface area (TPSA) is 71.9 Å². The minimum absolute atomic E-state index is 0.153. The molecule has 0 bridgehead atoms. The average Bonchev–Trinajstić information content (AvgIpc) is 2.67. The number of hydrogen-bond donors (Lipinski definition) is 1. The minimum atomic E-state index is -0.249. The molecule has 1 aromatic heterocycles. The average molecular weight is 341 g/mol. The summed E-state index contributed by atoms with van der Waals surface area (Å²) in [6.07, 6.45) is 0.974. The van der Waals surface area contributed by atoms with E-state index in [0.717, 1.165) is 34.1 Å². The molecule has 1 atom stereocenters. The molecule has 1 aliphatic heterocycles. The SMILES string of the molecule is CCc1ccc(C2C(C#N)=C(N)Oc3c2ccc2ccc(C)nc32)cc1. The van der Waals surface area contributed by atoms with Crippen LogP contribution in [-0.4, -0.2) is 4.98 Å². The van der Waals surface area contributed by atoms with Crippen molar-refractivity contribution in [1.82, 2.24) is 4.98 Å². The quantitative estimate of drug-likeness (QED) is 0.753. The van der Waals surface area contributed by atoms with Crippen LogP contribution in [0.15, 0.2) is 60.0 Å². The molecule has 0 amide bonds. The van der Waals surface area contributed by atoms with Crippen LogP contribution in [0.25, 0.3) is 10.9 Å². The molecule has 4 nitrogen and oxygen atoms in total. The number of ether oxygens (including phenoxy) is 1. The van der Waals surface area contributed by atoms with Gasteiger partial charge in [0.05, 0.1) is 5.92 Å². The molecule has 3 aromatic rings. The fraction of sp³-hybridized carbons (Fsp3) is 0.182. The first kappa shape index (κ1) is 16.2. The number of hydrogen-bond acceptors (Lipinski definition) is 4. The molecule has 0 spiro atoms. The van der Waals surface area contributed by atoms with Gasteiger partial charge in [-0.1, -0.05) is 49.4 Å². The van der Waals surface area contributed by atoms with E-state index in [4.69, 9.17) is 10.5 Å². The highest BCUT2D eigenvalue weighted by Gasteiger charge is 2.32. The Kier molecular flexibility index (Phi) is 3.85. The van der Waals surface area contributed by atoms with Crippen LogP contribution in [0.5, 0.6) is 5.75 Å². The van der Waals surface area contributed by atoms with E-state index < -0.39 is 0 Å². The van der Waals surface area contributed by atoms with Crippen molar-refractivity contribution >= 4 is 10.9 Å². The van der Waals surface area contributed by atoms with Crippen molar-refractivity contribution in [1.29, 1.82) is 5.26 Å². The van der Waals surface area contributed by atoms with Gasteiger partial charge in [0.15, 0.2) is 5.75 Å². The van der Waals surface area contributed by atoms with E-state index in [2.05, 4.69) is 42.2 Å². The van der Waals surface area contributed by atoms with Crippen molar-refractivity contribution in [3.05, 3.63) is 82.4 Å². The first-order valence-corrected chi connectivity index (χ1v) is 8.69. The maximum Gasteiger partial charge on any atom is 0.205 e. The number of benzene rings is 2. The molecule has 26 heavy (non-hydrogen) atoms. The molecule has 0 aliphatic carbocycles. The summed E-state index contributed by atoms with van der Waals surface area (Å²) in [4.78, 5) is 4.64. The lowest BCUT2D eigenvalue weighted by Gasteiger charge is -2.27. The Labute approximate surface area is 152 Å². The molecular weight excluding hydrogens is 322 g/mol. The standard InChI is InChI=1S/C22H19N3O/c1-3-14-5-8-15(9-6-14)19-17-11-10-16-7-4-13(2)25-20(16)21(17)26-22(24)18(19)12-23/h4-11,19H,3,24H2,1-2H3. The third-order valence-corrected chi connectivity index (χ3v) is 4.90. The Hall–Kier alpha value is -3.32. The largest absolute Gasteiger partial charge is 0.438 e. The Morgan fingerprint density at radius 3 is 2.54 bits per heavy atom. The summed E-state index contributed by atoms with van der Waals surface area (Å²) in [5, 5.41) is 10.7. The molecule has 1 aliphatic rings. The van der Waals surface area contributed by atoms with E-state index in [1.165, 1.54) is 5.56 Å². The Bertz CT molecular complexity index is 1070. The maximum absolute atomic E-state index is 9.69. The zero-order valence-electron chi connectivity index (χ0n) is 14.8. The van der Waals surface area contributed by atoms with Gasteiger partial charge in [0.25, 0.3) is 0 Å². The van der Waals surface area contributed by atoms with Crippen LogP contribution in [-0.2, 0) is 6.42 Å². The van der Waals surface area contributed by atoms with Crippen molar-refractivity contribution in [2.75, 3.05) is 0 Å². The predicted molar refractivity (Wildman–Crippen MR) is 102 cm³/mol. The van der Waals surface area contributed by atoms with Crippen LogP contribution in [0.3, 0.4) is 0 Å². The highest BCUT2D eigenvalue weighted by molar-refractivity contribution is 5.87. The number of pyridine rings is 1. The third-order valence-electron chi connectivity index (χ3n) is 4.90. The molecule has 128 valence electrons. The molecule has 1 unspecified atom stereocenters. The summed E-state index contributed by atoms with van der Waals surface area (Å²) < 4.78 is 5.87. The van der Waals surface area contributed by atoms with Gasteiger partial charge in [0.1, 0.15) is 17.2 Å². The van der Waals surface area contributed by atoms with Crippen LogP contribution in [0, 0.1) is 18.3 Å². The van der Waals surface area contributed by atoms with E-state index in [9.17, 15) is 5.26 Å². The predicted octanol–water partition coefficient (Wildman–Crippen LogP) is 4.32. The summed E-state index contributed by atoms with van der Waals surface area (Å²) in [5.41, 5.74) is 11.5. The van der Waals surface area contributed by atoms with Gasteiger partial charge in [0.2, 0.25) is 5.88 Å². The van der Waals surface area contributed by atoms with Crippen LogP contribution < -0.4 is 10.5 Å². The molecule has 0 saturated carbocycles. The second-order valence-corrected chi connectivity index (χ2v) is 6.53. The summed E-state index contributed by atoms with van der Waals surface area (Å²) in [6, 6.07) is 18.6. The molecule has 2 N–H and O–H groups in total. The van der Waals surface area contributed by atoms with Crippen molar-refractivity contribution in [3.8, 4) is 11.8 Å². The molecule has 2 heterocycles. The van der Waals surface area contributed by atoms with Gasteiger partial charge in [-0.15, -0.1) is 0 Å². The Morgan fingerprint density at radius 1 is 1.12 bits per heavy atom. The van der Waals surface area contributed by atoms with Crippen molar-refractivity contribution in [3.63, 3.8) is 0 Å². The number of nitriles is 1. The fourth-order valence-electron chi connectivity index (χ4n) is 3.48. The normalized spacial score (nSPS) is 16.1. The van der Waals surface area contributed by atoms with E-state index in [-0.39, 0.29) is 11.8 Å². The van der Waals surface area contributed by atoms with E-state index in [1.807, 2.05) is 31.2 Å². The summed E-state index contributed by atoms with van der Waals surface area (Å²) in [6.45, 7) is 4.07. The van der Waals surface area contributed by atoms with Gasteiger partial charge in [-0.3, -0.25) is 0 Å². The number of nitrogens with zero attached hydrogens (tertiary/aromatic N) is 2. The highest BCUT2D eigenvalue weighted by atomic mass is 16.5. The first-order chi connectivity index (χ1) is 12.6. The Balaban J connectivity index is 1.97. The zero-order chi connectivity index (χ0) is 18.3. The number of aryl methyl sites for hydroxylation is 2. The monoisotopic (exact) mass is 341 g/mol. The van der Waals surface area contributed by atoms with Gasteiger partial charge < -0.3 is 10.5 Å². The van der Waals surface area contributed by atoms with Crippen molar-refractivity contribution < 1.29 is 4.74 Å². The second kappa shape index (κ2) is 6.20. The maximum atomic E-state index is 9.69. The number of allylic oxidation sites excluding steroid dienone is 1. The van der Waals surface area contributed by atoms with E-state index in [1.54, 1.807) is 0 Å². The van der Waals surface area contributed by atoms with Crippen molar-refractivity contribution in [2.24, 2.45) is 5.73 Å². The van der Waals surface area contributed by atoms with Gasteiger partial charge in [-0.05, 0) is 30.5 Å². The van der Waals surface area contributed by atoms with E-state index in [0.29, 0.717) is 11.3 Å². The Morgan fingerprint density at radius 2 is 1.85 bits per heavy atom. The van der Waals surface area contributed by atoms with Crippen molar-refractivity contribution in [2.45, 2.75) is 26.2 Å². The molecule has 0 saturated heterocycles. The fourth-order valence-corrected chi connectivity index (χ4v) is 3.48. The summed E-state index contributed by atoms with van der Waals surface area (Å²) in [7, 11) is 0. The van der Waals surface area contributed by atoms with Gasteiger partial charge in [-0.2, -0.15) is 5.26 Å². The van der Waals surface area contributed by atoms with Crippen LogP contribution >= 0.6 is 0 Å². The lowest BCUT2D eigenvalue weighted by molar-refractivity contribution is 0.397. The summed E-state index contributed by atoms with van der Waals surface area (Å²) in [5.74, 6) is 0.550. The minimum Gasteiger partial charge on any atom is -0.438 e. The smallest absolute Gasteiger partial charge is 0.205 e. The lowest BCUT2D eigenvalue weighted by Crippen LogP contribution is -2.21. The molecule has 4 rings (SSSR count). The molecule has 4 heteroatoms. The van der Waals surface area contributed by atoms with Gasteiger partial charge >= 0.3 is 0 Å². The van der Waals surface area contributed by atoms with Gasteiger partial charge in [0, 0.05) is 16.6 Å². The highest BCUT2D eigenvalue weighted by Crippen LogP contribution is 2.44. The number of rotatable bonds is 2. The molecular formula is C22H19N3O. The number of fused-ring (bicyclic) bond motifs is 3. The number of nitrogens with two attached hydrogens (primary N) is 1. The van der Waals surface area contributed by atoms with Crippen LogP contribution in [0.4, 0.5) is 0 Å². The van der Waals surface area contributed by atoms with Gasteiger partial charge in [-0.25, -0.2) is 4.98 Å². The summed E-state index contributed by atoms with van der Waals surface area (Å²) >= 11 is 0. The molecule has 0 radical (unpaired) electrons. The third kappa shape index (κ3) is 2.49. The molecule has 0 fully saturated rings. The number of aromatic nitrogens is 1. The van der Waals surface area contributed by atoms with Crippen LogP contribution in [0.2, 0.25) is 0 Å².